The zero-order chi connectivity index (χ0) is 21.5. The number of aryl methyl sites for hydroxylation is 1. The van der Waals surface area contributed by atoms with Gasteiger partial charge in [0, 0.05) is 0 Å². The molecule has 0 aliphatic heterocycles. The van der Waals surface area contributed by atoms with Crippen LogP contribution in [0.5, 0.6) is 0 Å². The lowest BCUT2D eigenvalue weighted by molar-refractivity contribution is 0.0634. The fraction of sp³-hybridized carbons (Fsp3) is 0.192. The molecule has 0 saturated heterocycles. The van der Waals surface area contributed by atoms with Crippen LogP contribution in [0.15, 0.2) is 84.7 Å². The Hall–Kier alpha value is -3.21. The van der Waals surface area contributed by atoms with E-state index in [1.165, 1.54) is 16.7 Å². The van der Waals surface area contributed by atoms with E-state index in [-0.39, 0.29) is 5.97 Å². The van der Waals surface area contributed by atoms with Crippen molar-refractivity contribution in [2.45, 2.75) is 20.3 Å². The summed E-state index contributed by atoms with van der Waals surface area (Å²) in [4.78, 5) is 12.5. The van der Waals surface area contributed by atoms with Gasteiger partial charge in [0.2, 0.25) is 0 Å². The van der Waals surface area contributed by atoms with Crippen molar-refractivity contribution in [3.63, 3.8) is 0 Å². The molecule has 0 heterocycles. The second-order valence-electron chi connectivity index (χ2n) is 7.35. The van der Waals surface area contributed by atoms with Crippen molar-refractivity contribution < 1.29 is 19.7 Å². The van der Waals surface area contributed by atoms with Crippen LogP contribution < -0.4 is 0 Å². The third kappa shape index (κ3) is 5.44. The van der Waals surface area contributed by atoms with E-state index in [1.807, 2.05) is 30.4 Å². The molecule has 0 fully saturated rings. The maximum atomic E-state index is 12.5. The number of rotatable bonds is 3. The van der Waals surface area contributed by atoms with Crippen LogP contribution in [0, 0.1) is 12.8 Å². The number of carbonyl (C=O) groups is 1. The molecule has 4 heteroatoms. The number of esters is 1. The number of ether oxygens (including phenoxy) is 1. The van der Waals surface area contributed by atoms with Gasteiger partial charge in [-0.15, -0.1) is 0 Å². The summed E-state index contributed by atoms with van der Waals surface area (Å²) in [6.45, 7) is 3.48. The topological polar surface area (TPSA) is 66.8 Å². The van der Waals surface area contributed by atoms with Crippen LogP contribution in [0.1, 0.15) is 29.3 Å². The van der Waals surface area contributed by atoms with E-state index in [2.05, 4.69) is 62.4 Å². The van der Waals surface area contributed by atoms with Crippen molar-refractivity contribution >= 4 is 16.7 Å². The number of carbonyl (C=O) groups excluding carboxylic acids is 1. The maximum Gasteiger partial charge on any atom is 0.343 e. The molecule has 0 spiro atoms. The van der Waals surface area contributed by atoms with E-state index in [4.69, 9.17) is 14.9 Å². The lowest BCUT2D eigenvalue weighted by atomic mass is 9.99. The van der Waals surface area contributed by atoms with Crippen LogP contribution >= 0.6 is 0 Å². The van der Waals surface area contributed by atoms with E-state index < -0.39 is 6.79 Å². The summed E-state index contributed by atoms with van der Waals surface area (Å²) in [5.74, 6) is 0.814. The summed E-state index contributed by atoms with van der Waals surface area (Å²) in [5, 5.41) is 16.4. The highest BCUT2D eigenvalue weighted by atomic mass is 16.5. The standard InChI is InChI=1S/C25H22O2.CH4O2/c1-17-3-7-19(8-4-17)20-9-10-22-16-23(12-11-21(22)15-20)25(26)27-24-13-5-18(2)6-14-24;2-1-3/h3-5,7-16,18H,6H2,1-2H3;2-3H,1H2. The Morgan fingerprint density at radius 3 is 2.27 bits per heavy atom. The summed E-state index contributed by atoms with van der Waals surface area (Å²) in [5.41, 5.74) is 4.18. The molecule has 30 heavy (non-hydrogen) atoms. The first-order valence-corrected chi connectivity index (χ1v) is 9.93. The molecule has 1 aliphatic carbocycles. The predicted molar refractivity (Wildman–Crippen MR) is 120 cm³/mol. The van der Waals surface area contributed by atoms with Crippen molar-refractivity contribution in [1.29, 1.82) is 0 Å². The molecule has 0 amide bonds. The molecule has 3 aromatic carbocycles. The Bertz CT molecular complexity index is 1080. The van der Waals surface area contributed by atoms with Gasteiger partial charge in [-0.1, -0.05) is 61.0 Å². The van der Waals surface area contributed by atoms with Crippen LogP contribution in [-0.4, -0.2) is 23.0 Å². The lowest BCUT2D eigenvalue weighted by Crippen LogP contribution is -2.06. The molecule has 4 rings (SSSR count). The number of aliphatic hydroxyl groups excluding tert-OH is 1. The van der Waals surface area contributed by atoms with E-state index in [1.54, 1.807) is 0 Å². The smallest absolute Gasteiger partial charge is 0.343 e. The van der Waals surface area contributed by atoms with Crippen LogP contribution in [-0.2, 0) is 4.74 Å². The van der Waals surface area contributed by atoms with Gasteiger partial charge in [-0.25, -0.2) is 4.79 Å². The molecule has 0 aromatic heterocycles. The first-order chi connectivity index (χ1) is 14.5. The SMILES string of the molecule is Cc1ccc(-c2ccc3cc(C(=O)OC4=CCC(C)C=C4)ccc3c2)cc1.OCO. The van der Waals surface area contributed by atoms with E-state index in [9.17, 15) is 4.79 Å². The fourth-order valence-electron chi connectivity index (χ4n) is 3.25. The molecular weight excluding hydrogens is 376 g/mol. The van der Waals surface area contributed by atoms with Gasteiger partial charge in [-0.05, 0) is 71.5 Å². The van der Waals surface area contributed by atoms with Crippen LogP contribution in [0.3, 0.4) is 0 Å². The van der Waals surface area contributed by atoms with E-state index in [0.717, 1.165) is 17.2 Å². The molecule has 0 radical (unpaired) electrons. The average molecular weight is 402 g/mol. The summed E-state index contributed by atoms with van der Waals surface area (Å²) in [7, 11) is 0. The number of benzene rings is 3. The van der Waals surface area contributed by atoms with Crippen molar-refractivity contribution in [3.05, 3.63) is 95.8 Å². The van der Waals surface area contributed by atoms with Crippen molar-refractivity contribution in [1.82, 2.24) is 0 Å². The Kier molecular flexibility index (Phi) is 7.17. The van der Waals surface area contributed by atoms with Gasteiger partial charge in [0.1, 0.15) is 12.6 Å². The van der Waals surface area contributed by atoms with E-state index in [0.29, 0.717) is 17.2 Å². The van der Waals surface area contributed by atoms with Gasteiger partial charge in [0.15, 0.2) is 0 Å². The maximum absolute atomic E-state index is 12.5. The minimum Gasteiger partial charge on any atom is -0.423 e. The molecule has 1 aliphatic rings. The Labute approximate surface area is 176 Å². The van der Waals surface area contributed by atoms with Gasteiger partial charge < -0.3 is 14.9 Å². The monoisotopic (exact) mass is 402 g/mol. The number of hydrogen-bond donors (Lipinski definition) is 2. The molecular formula is C26H26O4. The number of aliphatic hydroxyl groups is 2. The highest BCUT2D eigenvalue weighted by molar-refractivity contribution is 5.97. The van der Waals surface area contributed by atoms with Crippen molar-refractivity contribution in [2.75, 3.05) is 6.79 Å². The highest BCUT2D eigenvalue weighted by Gasteiger charge is 2.12. The normalized spacial score (nSPS) is 15.2. The molecule has 4 nitrogen and oxygen atoms in total. The molecule has 154 valence electrons. The summed E-state index contributed by atoms with van der Waals surface area (Å²) in [6.07, 6.45) is 6.81. The average Bonchev–Trinajstić information content (AvgIpc) is 2.76. The van der Waals surface area contributed by atoms with Gasteiger partial charge >= 0.3 is 5.97 Å². The van der Waals surface area contributed by atoms with Crippen molar-refractivity contribution in [3.8, 4) is 11.1 Å². The Morgan fingerprint density at radius 1 is 0.967 bits per heavy atom. The highest BCUT2D eigenvalue weighted by Crippen LogP contribution is 2.26. The van der Waals surface area contributed by atoms with Gasteiger partial charge in [0.25, 0.3) is 0 Å². The third-order valence-corrected chi connectivity index (χ3v) is 4.95. The summed E-state index contributed by atoms with van der Waals surface area (Å²) >= 11 is 0. The minimum atomic E-state index is -0.750. The lowest BCUT2D eigenvalue weighted by Gasteiger charge is -2.12. The van der Waals surface area contributed by atoms with Crippen LogP contribution in [0.4, 0.5) is 0 Å². The molecule has 1 atom stereocenters. The van der Waals surface area contributed by atoms with Gasteiger partial charge in [-0.2, -0.15) is 0 Å². The number of hydrogen-bond acceptors (Lipinski definition) is 4. The van der Waals surface area contributed by atoms with Gasteiger partial charge in [0.05, 0.1) is 5.56 Å². The van der Waals surface area contributed by atoms with Gasteiger partial charge in [-0.3, -0.25) is 0 Å². The Balaban J connectivity index is 0.000000806. The predicted octanol–water partition coefficient (Wildman–Crippen LogP) is 5.38. The molecule has 2 N–H and O–H groups in total. The second-order valence-corrected chi connectivity index (χ2v) is 7.35. The fourth-order valence-corrected chi connectivity index (χ4v) is 3.25. The molecule has 0 bridgehead atoms. The molecule has 0 saturated carbocycles. The quantitative estimate of drug-likeness (QED) is 0.456. The largest absolute Gasteiger partial charge is 0.423 e. The first kappa shape index (κ1) is 21.5. The molecule has 3 aromatic rings. The number of fused-ring (bicyclic) bond motifs is 1. The summed E-state index contributed by atoms with van der Waals surface area (Å²) in [6, 6.07) is 20.5. The first-order valence-electron chi connectivity index (χ1n) is 9.93. The Morgan fingerprint density at radius 2 is 1.60 bits per heavy atom. The van der Waals surface area contributed by atoms with Crippen molar-refractivity contribution in [2.24, 2.45) is 5.92 Å². The zero-order valence-electron chi connectivity index (χ0n) is 17.2. The summed E-state index contributed by atoms with van der Waals surface area (Å²) < 4.78 is 5.51. The third-order valence-electron chi connectivity index (χ3n) is 4.95. The molecule has 1 unspecified atom stereocenters. The van der Waals surface area contributed by atoms with E-state index >= 15 is 0 Å². The van der Waals surface area contributed by atoms with Crippen LogP contribution in [0.2, 0.25) is 0 Å². The number of allylic oxidation sites excluding steroid dienone is 3. The zero-order valence-corrected chi connectivity index (χ0v) is 17.2. The minimum absolute atomic E-state index is 0.315. The van der Waals surface area contributed by atoms with Crippen LogP contribution in [0.25, 0.3) is 21.9 Å². The second kappa shape index (κ2) is 10.0.